The summed E-state index contributed by atoms with van der Waals surface area (Å²) in [5, 5.41) is 8.17. The lowest BCUT2D eigenvalue weighted by molar-refractivity contribution is 0.414. The van der Waals surface area contributed by atoms with Gasteiger partial charge in [0.2, 0.25) is 10.1 Å². The summed E-state index contributed by atoms with van der Waals surface area (Å²) >= 11 is 1.38. The summed E-state index contributed by atoms with van der Waals surface area (Å²) in [6, 6.07) is 9.44. The number of ether oxygens (including phenoxy) is 1. The van der Waals surface area contributed by atoms with Crippen LogP contribution in [0.5, 0.6) is 5.75 Å². The number of methoxy groups -OCH3 is 1. The first-order valence-electron chi connectivity index (χ1n) is 6.90. The summed E-state index contributed by atoms with van der Waals surface area (Å²) in [4.78, 5) is 16.7. The molecule has 1 N–H and O–H groups in total. The van der Waals surface area contributed by atoms with Gasteiger partial charge in [0.05, 0.1) is 7.11 Å². The number of fused-ring (bicyclic) bond motifs is 1. The molecule has 0 fully saturated rings. The maximum absolute atomic E-state index is 11.8. The van der Waals surface area contributed by atoms with E-state index in [1.807, 2.05) is 24.3 Å². The van der Waals surface area contributed by atoms with Gasteiger partial charge < -0.3 is 10.1 Å². The van der Waals surface area contributed by atoms with E-state index in [0.717, 1.165) is 18.7 Å². The van der Waals surface area contributed by atoms with Crippen LogP contribution >= 0.6 is 11.3 Å². The van der Waals surface area contributed by atoms with Crippen LogP contribution in [0.25, 0.3) is 4.96 Å². The fraction of sp³-hybridized carbons (Fsp3) is 0.267. The molecular weight excluding hydrogens is 300 g/mol. The summed E-state index contributed by atoms with van der Waals surface area (Å²) < 4.78 is 6.46. The largest absolute Gasteiger partial charge is 0.497 e. The minimum absolute atomic E-state index is 0.151. The normalized spacial score (nSPS) is 10.8. The van der Waals surface area contributed by atoms with E-state index in [0.29, 0.717) is 15.8 Å². The van der Waals surface area contributed by atoms with Crippen molar-refractivity contribution >= 4 is 21.4 Å². The molecule has 2 heterocycles. The van der Waals surface area contributed by atoms with Gasteiger partial charge in [0.1, 0.15) is 5.75 Å². The van der Waals surface area contributed by atoms with Crippen LogP contribution in [0.4, 0.5) is 5.13 Å². The van der Waals surface area contributed by atoms with Crippen molar-refractivity contribution < 1.29 is 4.74 Å². The van der Waals surface area contributed by atoms with Gasteiger partial charge in [0.15, 0.2) is 0 Å². The molecule has 0 bridgehead atoms. The standard InChI is InChI=1S/C15H16N4O2S/c1-10-9-13(20)19-15(17-10)22-14(18-19)16-8-7-11-3-5-12(21-2)6-4-11/h3-6,9H,7-8H2,1-2H3,(H,16,18). The van der Waals surface area contributed by atoms with Crippen molar-refractivity contribution in [3.63, 3.8) is 0 Å². The van der Waals surface area contributed by atoms with Crippen LogP contribution in [-0.4, -0.2) is 28.3 Å². The fourth-order valence-corrected chi connectivity index (χ4v) is 2.97. The number of nitrogens with zero attached hydrogens (tertiary/aromatic N) is 3. The van der Waals surface area contributed by atoms with E-state index in [1.54, 1.807) is 14.0 Å². The van der Waals surface area contributed by atoms with Crippen molar-refractivity contribution in [3.8, 4) is 5.75 Å². The molecule has 114 valence electrons. The van der Waals surface area contributed by atoms with Crippen molar-refractivity contribution in [2.45, 2.75) is 13.3 Å². The smallest absolute Gasteiger partial charge is 0.275 e. The molecule has 6 nitrogen and oxygen atoms in total. The number of benzene rings is 1. The topological polar surface area (TPSA) is 68.5 Å². The van der Waals surface area contributed by atoms with Crippen LogP contribution in [0.2, 0.25) is 0 Å². The molecule has 7 heteroatoms. The molecule has 0 amide bonds. The highest BCUT2D eigenvalue weighted by atomic mass is 32.1. The second-order valence-electron chi connectivity index (χ2n) is 4.86. The van der Waals surface area contributed by atoms with Crippen LogP contribution in [-0.2, 0) is 6.42 Å². The highest BCUT2D eigenvalue weighted by Gasteiger charge is 2.07. The van der Waals surface area contributed by atoms with Gasteiger partial charge in [-0.2, -0.15) is 4.52 Å². The Morgan fingerprint density at radius 1 is 1.32 bits per heavy atom. The molecule has 0 unspecified atom stereocenters. The number of aryl methyl sites for hydroxylation is 1. The van der Waals surface area contributed by atoms with Gasteiger partial charge in [-0.3, -0.25) is 4.79 Å². The van der Waals surface area contributed by atoms with E-state index >= 15 is 0 Å². The molecule has 0 spiro atoms. The zero-order valence-corrected chi connectivity index (χ0v) is 13.2. The Balaban J connectivity index is 1.66. The molecule has 0 aliphatic rings. The summed E-state index contributed by atoms with van der Waals surface area (Å²) in [7, 11) is 1.65. The van der Waals surface area contributed by atoms with Crippen molar-refractivity contribution in [2.24, 2.45) is 0 Å². The van der Waals surface area contributed by atoms with E-state index in [-0.39, 0.29) is 5.56 Å². The Morgan fingerprint density at radius 2 is 2.09 bits per heavy atom. The third kappa shape index (κ3) is 3.09. The molecule has 1 aromatic carbocycles. The predicted molar refractivity (Wildman–Crippen MR) is 87.1 cm³/mol. The van der Waals surface area contributed by atoms with Crippen LogP contribution < -0.4 is 15.6 Å². The van der Waals surface area contributed by atoms with E-state index in [1.165, 1.54) is 27.5 Å². The van der Waals surface area contributed by atoms with Crippen molar-refractivity contribution in [3.05, 3.63) is 51.9 Å². The Hall–Kier alpha value is -2.41. The number of hydrogen-bond donors (Lipinski definition) is 1. The van der Waals surface area contributed by atoms with Crippen LogP contribution in [0, 0.1) is 6.92 Å². The second kappa shape index (κ2) is 6.15. The lowest BCUT2D eigenvalue weighted by Crippen LogP contribution is -2.14. The molecule has 2 aromatic heterocycles. The summed E-state index contributed by atoms with van der Waals surface area (Å²) in [6.45, 7) is 2.54. The maximum atomic E-state index is 11.8. The van der Waals surface area contributed by atoms with Gasteiger partial charge in [-0.1, -0.05) is 23.5 Å². The minimum atomic E-state index is -0.151. The Kier molecular flexibility index (Phi) is 4.06. The molecule has 0 atom stereocenters. The third-order valence-corrected chi connectivity index (χ3v) is 4.09. The summed E-state index contributed by atoms with van der Waals surface area (Å²) in [6.07, 6.45) is 0.862. The first kappa shape index (κ1) is 14.5. The average molecular weight is 316 g/mol. The van der Waals surface area contributed by atoms with Gasteiger partial charge in [-0.25, -0.2) is 4.98 Å². The fourth-order valence-electron chi connectivity index (χ4n) is 2.10. The SMILES string of the molecule is COc1ccc(CCNc2nn3c(=O)cc(C)nc3s2)cc1. The first-order valence-corrected chi connectivity index (χ1v) is 7.72. The lowest BCUT2D eigenvalue weighted by Gasteiger charge is -2.04. The van der Waals surface area contributed by atoms with Gasteiger partial charge in [-0.15, -0.1) is 5.10 Å². The van der Waals surface area contributed by atoms with E-state index in [2.05, 4.69) is 15.4 Å². The van der Waals surface area contributed by atoms with Crippen LogP contribution in [0.1, 0.15) is 11.3 Å². The van der Waals surface area contributed by atoms with Gasteiger partial charge in [0.25, 0.3) is 5.56 Å². The lowest BCUT2D eigenvalue weighted by atomic mass is 10.1. The number of anilines is 1. The molecule has 0 aliphatic carbocycles. The van der Waals surface area contributed by atoms with E-state index in [9.17, 15) is 4.79 Å². The van der Waals surface area contributed by atoms with Crippen LogP contribution in [0.15, 0.2) is 35.1 Å². The van der Waals surface area contributed by atoms with Crippen molar-refractivity contribution in [1.82, 2.24) is 14.6 Å². The minimum Gasteiger partial charge on any atom is -0.497 e. The third-order valence-electron chi connectivity index (χ3n) is 3.22. The zero-order valence-electron chi connectivity index (χ0n) is 12.4. The monoisotopic (exact) mass is 316 g/mol. The molecule has 0 saturated heterocycles. The van der Waals surface area contributed by atoms with Crippen LogP contribution in [0.3, 0.4) is 0 Å². The molecular formula is C15H16N4O2S. The summed E-state index contributed by atoms with van der Waals surface area (Å²) in [5.74, 6) is 0.851. The van der Waals surface area contributed by atoms with Gasteiger partial charge >= 0.3 is 0 Å². The molecule has 0 aliphatic heterocycles. The van der Waals surface area contributed by atoms with Gasteiger partial charge in [0, 0.05) is 18.3 Å². The highest BCUT2D eigenvalue weighted by Crippen LogP contribution is 2.17. The number of nitrogens with one attached hydrogen (secondary N) is 1. The van der Waals surface area contributed by atoms with Crippen molar-refractivity contribution in [1.29, 1.82) is 0 Å². The zero-order chi connectivity index (χ0) is 15.5. The van der Waals surface area contributed by atoms with Crippen molar-refractivity contribution in [2.75, 3.05) is 19.0 Å². The van der Waals surface area contributed by atoms with E-state index < -0.39 is 0 Å². The Morgan fingerprint density at radius 3 is 2.82 bits per heavy atom. The molecule has 3 rings (SSSR count). The molecule has 3 aromatic rings. The number of aromatic nitrogens is 3. The maximum Gasteiger partial charge on any atom is 0.275 e. The first-order chi connectivity index (χ1) is 10.7. The second-order valence-corrected chi connectivity index (χ2v) is 5.82. The summed E-state index contributed by atoms with van der Waals surface area (Å²) in [5.41, 5.74) is 1.76. The van der Waals surface area contributed by atoms with Gasteiger partial charge in [-0.05, 0) is 31.0 Å². The Labute approximate surface area is 131 Å². The average Bonchev–Trinajstić information content (AvgIpc) is 2.91. The number of hydrogen-bond acceptors (Lipinski definition) is 6. The predicted octanol–water partition coefficient (Wildman–Crippen LogP) is 2.12. The highest BCUT2D eigenvalue weighted by molar-refractivity contribution is 7.20. The Bertz CT molecular complexity index is 839. The van der Waals surface area contributed by atoms with E-state index in [4.69, 9.17) is 4.74 Å². The molecule has 0 radical (unpaired) electrons. The molecule has 22 heavy (non-hydrogen) atoms. The number of rotatable bonds is 5. The quantitative estimate of drug-likeness (QED) is 0.781. The molecule has 0 saturated carbocycles.